The number of halogens is 3. The van der Waals surface area contributed by atoms with E-state index in [4.69, 9.17) is 9.31 Å². The zero-order valence-electron chi connectivity index (χ0n) is 13.5. The molecule has 0 unspecified atom stereocenters. The van der Waals surface area contributed by atoms with E-state index >= 15 is 0 Å². The summed E-state index contributed by atoms with van der Waals surface area (Å²) in [6.07, 6.45) is -4.40. The van der Waals surface area contributed by atoms with Crippen molar-refractivity contribution in [1.29, 1.82) is 0 Å². The molecule has 0 saturated carbocycles. The molecule has 0 spiro atoms. The number of anilines is 1. The third-order valence-corrected chi connectivity index (χ3v) is 4.25. The van der Waals surface area contributed by atoms with Crippen LogP contribution in [-0.2, 0) is 15.5 Å². The smallest absolute Gasteiger partial charge is 0.399 e. The van der Waals surface area contributed by atoms with E-state index in [0.29, 0.717) is 17.7 Å². The summed E-state index contributed by atoms with van der Waals surface area (Å²) in [5.41, 5.74) is -0.951. The van der Waals surface area contributed by atoms with E-state index in [9.17, 15) is 13.2 Å². The van der Waals surface area contributed by atoms with Crippen molar-refractivity contribution >= 4 is 18.3 Å². The van der Waals surface area contributed by atoms with Gasteiger partial charge in [-0.15, -0.1) is 0 Å². The Labute approximate surface area is 129 Å². The van der Waals surface area contributed by atoms with Crippen molar-refractivity contribution < 1.29 is 22.5 Å². The van der Waals surface area contributed by atoms with Gasteiger partial charge in [-0.1, -0.05) is 0 Å². The minimum Gasteiger partial charge on any atom is -0.399 e. The average molecular weight is 315 g/mol. The Kier molecular flexibility index (Phi) is 4.26. The van der Waals surface area contributed by atoms with Gasteiger partial charge in [0.2, 0.25) is 0 Å². The van der Waals surface area contributed by atoms with Crippen LogP contribution in [0.3, 0.4) is 0 Å². The molecule has 1 N–H and O–H groups in total. The lowest BCUT2D eigenvalue weighted by Gasteiger charge is -2.32. The second-order valence-corrected chi connectivity index (χ2v) is 6.42. The number of benzene rings is 1. The van der Waals surface area contributed by atoms with Gasteiger partial charge in [0, 0.05) is 17.7 Å². The van der Waals surface area contributed by atoms with Gasteiger partial charge in [0.05, 0.1) is 16.8 Å². The molecule has 1 aromatic carbocycles. The lowest BCUT2D eigenvalue weighted by Crippen LogP contribution is -2.41. The number of alkyl halides is 3. The Balaban J connectivity index is 2.44. The maximum absolute atomic E-state index is 13.0. The molecule has 1 heterocycles. The summed E-state index contributed by atoms with van der Waals surface area (Å²) in [5, 5.41) is 3.06. The summed E-state index contributed by atoms with van der Waals surface area (Å²) in [6, 6.07) is 3.58. The molecule has 0 bridgehead atoms. The normalized spacial score (nSPS) is 20.3. The monoisotopic (exact) mass is 315 g/mol. The third-order valence-electron chi connectivity index (χ3n) is 4.25. The first-order valence-electron chi connectivity index (χ1n) is 7.28. The standard InChI is InChI=1S/C15H21BF3NO2/c1-6-20-12-8-7-10(15(17,18)19)9-11(12)16-21-13(2,3)14(4,5)22-16/h7-9,20H,6H2,1-5H3. The quantitative estimate of drug-likeness (QED) is 0.867. The summed E-state index contributed by atoms with van der Waals surface area (Å²) in [7, 11) is -0.832. The fraction of sp³-hybridized carbons (Fsp3) is 0.600. The van der Waals surface area contributed by atoms with E-state index in [1.807, 2.05) is 34.6 Å². The van der Waals surface area contributed by atoms with Gasteiger partial charge in [0.25, 0.3) is 0 Å². The highest BCUT2D eigenvalue weighted by Crippen LogP contribution is 2.37. The SMILES string of the molecule is CCNc1ccc(C(F)(F)F)cc1B1OC(C)(C)C(C)(C)O1. The second-order valence-electron chi connectivity index (χ2n) is 6.42. The van der Waals surface area contributed by atoms with Gasteiger partial charge in [-0.2, -0.15) is 13.2 Å². The minimum absolute atomic E-state index is 0.371. The zero-order valence-corrected chi connectivity index (χ0v) is 13.5. The van der Waals surface area contributed by atoms with Crippen molar-refractivity contribution in [2.24, 2.45) is 0 Å². The van der Waals surface area contributed by atoms with Gasteiger partial charge < -0.3 is 14.6 Å². The molecular weight excluding hydrogens is 294 g/mol. The van der Waals surface area contributed by atoms with Gasteiger partial charge in [-0.3, -0.25) is 0 Å². The van der Waals surface area contributed by atoms with E-state index < -0.39 is 30.1 Å². The molecule has 2 rings (SSSR count). The van der Waals surface area contributed by atoms with E-state index in [0.717, 1.165) is 12.1 Å². The largest absolute Gasteiger partial charge is 0.496 e. The van der Waals surface area contributed by atoms with Crippen molar-refractivity contribution in [3.8, 4) is 0 Å². The molecule has 22 heavy (non-hydrogen) atoms. The molecule has 7 heteroatoms. The summed E-state index contributed by atoms with van der Waals surface area (Å²) in [5.74, 6) is 0. The molecule has 1 aliphatic heterocycles. The Morgan fingerprint density at radius 2 is 1.64 bits per heavy atom. The molecule has 0 atom stereocenters. The Morgan fingerprint density at radius 1 is 1.09 bits per heavy atom. The number of rotatable bonds is 3. The van der Waals surface area contributed by atoms with Crippen molar-refractivity contribution in [2.45, 2.75) is 52.0 Å². The number of nitrogens with one attached hydrogen (secondary N) is 1. The Hall–Kier alpha value is -1.21. The first kappa shape index (κ1) is 17.2. The van der Waals surface area contributed by atoms with E-state index in [-0.39, 0.29) is 0 Å². The molecule has 3 nitrogen and oxygen atoms in total. The summed E-state index contributed by atoms with van der Waals surface area (Å²) in [4.78, 5) is 0. The summed E-state index contributed by atoms with van der Waals surface area (Å²) >= 11 is 0. The van der Waals surface area contributed by atoms with Crippen molar-refractivity contribution in [1.82, 2.24) is 0 Å². The van der Waals surface area contributed by atoms with Crippen LogP contribution in [0.25, 0.3) is 0 Å². The maximum Gasteiger partial charge on any atom is 0.496 e. The molecule has 0 amide bonds. The van der Waals surface area contributed by atoms with Crippen molar-refractivity contribution in [3.63, 3.8) is 0 Å². The lowest BCUT2D eigenvalue weighted by molar-refractivity contribution is -0.137. The molecule has 1 aromatic rings. The van der Waals surface area contributed by atoms with Gasteiger partial charge in [0.15, 0.2) is 0 Å². The molecule has 1 aliphatic rings. The topological polar surface area (TPSA) is 30.5 Å². The lowest BCUT2D eigenvalue weighted by atomic mass is 9.77. The number of hydrogen-bond acceptors (Lipinski definition) is 3. The summed E-state index contributed by atoms with van der Waals surface area (Å²) < 4.78 is 50.7. The fourth-order valence-electron chi connectivity index (χ4n) is 2.26. The molecule has 122 valence electrons. The second kappa shape index (κ2) is 5.46. The van der Waals surface area contributed by atoms with Gasteiger partial charge in [-0.25, -0.2) is 0 Å². The van der Waals surface area contributed by atoms with E-state index in [1.165, 1.54) is 6.07 Å². The van der Waals surface area contributed by atoms with Crippen LogP contribution in [-0.4, -0.2) is 24.9 Å². The van der Waals surface area contributed by atoms with Crippen LogP contribution in [0.15, 0.2) is 18.2 Å². The molecular formula is C15H21BF3NO2. The van der Waals surface area contributed by atoms with Crippen LogP contribution < -0.4 is 10.8 Å². The number of hydrogen-bond donors (Lipinski definition) is 1. The predicted molar refractivity (Wildman–Crippen MR) is 81.3 cm³/mol. The highest BCUT2D eigenvalue weighted by molar-refractivity contribution is 6.64. The minimum atomic E-state index is -4.40. The first-order chi connectivity index (χ1) is 9.98. The van der Waals surface area contributed by atoms with Crippen molar-refractivity contribution in [2.75, 3.05) is 11.9 Å². The third kappa shape index (κ3) is 3.10. The molecule has 0 aliphatic carbocycles. The van der Waals surface area contributed by atoms with Crippen LogP contribution in [0.2, 0.25) is 0 Å². The van der Waals surface area contributed by atoms with Gasteiger partial charge in [0.1, 0.15) is 0 Å². The Bertz CT molecular complexity index is 542. The predicted octanol–water partition coefficient (Wildman–Crippen LogP) is 3.44. The van der Waals surface area contributed by atoms with E-state index in [1.54, 1.807) is 0 Å². The maximum atomic E-state index is 13.0. The fourth-order valence-corrected chi connectivity index (χ4v) is 2.26. The molecule has 1 saturated heterocycles. The molecule has 0 radical (unpaired) electrons. The van der Waals surface area contributed by atoms with Gasteiger partial charge >= 0.3 is 13.3 Å². The van der Waals surface area contributed by atoms with Crippen LogP contribution in [0.5, 0.6) is 0 Å². The first-order valence-corrected chi connectivity index (χ1v) is 7.28. The molecule has 1 fully saturated rings. The van der Waals surface area contributed by atoms with Gasteiger partial charge in [-0.05, 0) is 52.8 Å². The van der Waals surface area contributed by atoms with Crippen LogP contribution in [0, 0.1) is 0 Å². The van der Waals surface area contributed by atoms with Crippen LogP contribution in [0.4, 0.5) is 18.9 Å². The van der Waals surface area contributed by atoms with Crippen LogP contribution >= 0.6 is 0 Å². The van der Waals surface area contributed by atoms with E-state index in [2.05, 4.69) is 5.32 Å². The molecule has 0 aromatic heterocycles. The average Bonchev–Trinajstić information content (AvgIpc) is 2.57. The summed E-state index contributed by atoms with van der Waals surface area (Å²) in [6.45, 7) is 9.95. The highest BCUT2D eigenvalue weighted by Gasteiger charge is 2.52. The highest BCUT2D eigenvalue weighted by atomic mass is 19.4. The Morgan fingerprint density at radius 3 is 2.09 bits per heavy atom. The van der Waals surface area contributed by atoms with Crippen molar-refractivity contribution in [3.05, 3.63) is 23.8 Å². The zero-order chi connectivity index (χ0) is 16.8. The van der Waals surface area contributed by atoms with Crippen LogP contribution in [0.1, 0.15) is 40.2 Å².